The van der Waals surface area contributed by atoms with Crippen LogP contribution in [0.25, 0.3) is 0 Å². The largest absolute Gasteiger partial charge is 0.314 e. The molecule has 0 unspecified atom stereocenters. The highest BCUT2D eigenvalue weighted by atomic mass is 32.2. The van der Waals surface area contributed by atoms with Crippen LogP contribution in [0.4, 0.5) is 0 Å². The van der Waals surface area contributed by atoms with Crippen molar-refractivity contribution < 1.29 is 25.9 Å². The zero-order chi connectivity index (χ0) is 11.0. The van der Waals surface area contributed by atoms with Crippen LogP contribution in [0, 0.1) is 0 Å². The molecule has 0 fully saturated rings. The maximum atomic E-state index is 10.4. The molecule has 0 aliphatic rings. The van der Waals surface area contributed by atoms with Crippen LogP contribution in [-0.4, -0.2) is 36.1 Å². The van der Waals surface area contributed by atoms with E-state index in [1.165, 1.54) is 0 Å². The summed E-state index contributed by atoms with van der Waals surface area (Å²) in [5.74, 6) is 0. The highest BCUT2D eigenvalue weighted by Crippen LogP contribution is 2.06. The van der Waals surface area contributed by atoms with E-state index in [0.717, 1.165) is 0 Å². The van der Waals surface area contributed by atoms with Crippen molar-refractivity contribution in [1.82, 2.24) is 10.2 Å². The third-order valence-electron chi connectivity index (χ3n) is 1.14. The molecule has 0 spiro atoms. The normalized spacial score (nSPS) is 12.7. The van der Waals surface area contributed by atoms with Crippen LogP contribution >= 0.6 is 0 Å². The summed E-state index contributed by atoms with van der Waals surface area (Å²) in [6.45, 7) is 0. The molecule has 2 N–H and O–H groups in total. The van der Waals surface area contributed by atoms with Crippen molar-refractivity contribution in [2.45, 2.75) is 10.1 Å². The Labute approximate surface area is 79.1 Å². The first kappa shape index (κ1) is 11.0. The van der Waals surface area contributed by atoms with Crippen LogP contribution in [0.3, 0.4) is 0 Å². The molecular weight excluding hydrogens is 236 g/mol. The van der Waals surface area contributed by atoms with Crippen molar-refractivity contribution >= 4 is 20.2 Å². The highest BCUT2D eigenvalue weighted by Gasteiger charge is 2.16. The third kappa shape index (κ3) is 2.45. The molecule has 0 saturated carbocycles. The molecule has 14 heavy (non-hydrogen) atoms. The minimum atomic E-state index is -4.52. The van der Waals surface area contributed by atoms with Gasteiger partial charge in [0, 0.05) is 0 Å². The second-order valence-electron chi connectivity index (χ2n) is 2.16. The van der Waals surface area contributed by atoms with Crippen LogP contribution in [0.1, 0.15) is 0 Å². The van der Waals surface area contributed by atoms with Gasteiger partial charge in [-0.2, -0.15) is 16.8 Å². The van der Waals surface area contributed by atoms with Gasteiger partial charge in [0.25, 0.3) is 0 Å². The zero-order valence-electron chi connectivity index (χ0n) is 6.39. The standard InChI is InChI=1S/C4H4N2O6S2/c7-13(8,9)3-1-2-4(6-5-3)14(10,11)12/h1-2H,(H,7,8,9)(H,10,11,12). The average Bonchev–Trinajstić information content (AvgIpc) is 2.01. The fourth-order valence-corrected chi connectivity index (χ4v) is 1.35. The van der Waals surface area contributed by atoms with Gasteiger partial charge in [-0.25, -0.2) is 0 Å². The van der Waals surface area contributed by atoms with E-state index >= 15 is 0 Å². The minimum absolute atomic E-state index is 0.700. The topological polar surface area (TPSA) is 135 Å². The van der Waals surface area contributed by atoms with Crippen molar-refractivity contribution in [2.75, 3.05) is 0 Å². The minimum Gasteiger partial charge on any atom is -0.281 e. The van der Waals surface area contributed by atoms with Crippen molar-refractivity contribution in [1.29, 1.82) is 0 Å². The molecule has 0 aromatic carbocycles. The lowest BCUT2D eigenvalue weighted by Crippen LogP contribution is -2.07. The first-order valence-electron chi connectivity index (χ1n) is 3.00. The van der Waals surface area contributed by atoms with Gasteiger partial charge < -0.3 is 0 Å². The molecule has 10 heteroatoms. The van der Waals surface area contributed by atoms with Gasteiger partial charge in [0.15, 0.2) is 0 Å². The van der Waals surface area contributed by atoms with Gasteiger partial charge >= 0.3 is 20.2 Å². The Morgan fingerprint density at radius 1 is 0.857 bits per heavy atom. The van der Waals surface area contributed by atoms with Crippen molar-refractivity contribution in [2.24, 2.45) is 0 Å². The van der Waals surface area contributed by atoms with Crippen LogP contribution in [-0.2, 0) is 20.2 Å². The number of aromatic nitrogens is 2. The third-order valence-corrected chi connectivity index (χ3v) is 2.64. The summed E-state index contributed by atoms with van der Waals surface area (Å²) in [4.78, 5) is 0. The zero-order valence-corrected chi connectivity index (χ0v) is 8.03. The van der Waals surface area contributed by atoms with Crippen molar-refractivity contribution in [3.63, 3.8) is 0 Å². The molecule has 0 bridgehead atoms. The van der Waals surface area contributed by atoms with Gasteiger partial charge in [-0.1, -0.05) is 0 Å². The van der Waals surface area contributed by atoms with E-state index in [-0.39, 0.29) is 0 Å². The Bertz CT molecular complexity index is 479. The Morgan fingerprint density at radius 3 is 1.29 bits per heavy atom. The summed E-state index contributed by atoms with van der Waals surface area (Å²) >= 11 is 0. The molecule has 8 nitrogen and oxygen atoms in total. The fourth-order valence-electron chi connectivity index (χ4n) is 0.583. The van der Waals surface area contributed by atoms with Gasteiger partial charge in [-0.05, 0) is 12.1 Å². The Morgan fingerprint density at radius 2 is 1.14 bits per heavy atom. The first-order chi connectivity index (χ1) is 6.21. The highest BCUT2D eigenvalue weighted by molar-refractivity contribution is 7.86. The second-order valence-corrected chi connectivity index (χ2v) is 4.90. The summed E-state index contributed by atoms with van der Waals surface area (Å²) in [6.07, 6.45) is 0. The number of rotatable bonds is 2. The molecule has 0 radical (unpaired) electrons. The Balaban J connectivity index is 3.28. The quantitative estimate of drug-likeness (QED) is 0.626. The van der Waals surface area contributed by atoms with Gasteiger partial charge in [0.1, 0.15) is 0 Å². The van der Waals surface area contributed by atoms with E-state index in [9.17, 15) is 16.8 Å². The first-order valence-corrected chi connectivity index (χ1v) is 5.88. The molecule has 1 heterocycles. The predicted molar refractivity (Wildman–Crippen MR) is 41.7 cm³/mol. The molecule has 0 amide bonds. The fraction of sp³-hybridized carbons (Fsp3) is 0. The monoisotopic (exact) mass is 240 g/mol. The Hall–Kier alpha value is -1.10. The number of hydrogen-bond acceptors (Lipinski definition) is 6. The van der Waals surface area contributed by atoms with Gasteiger partial charge in [0.2, 0.25) is 10.1 Å². The van der Waals surface area contributed by atoms with E-state index in [1.807, 2.05) is 0 Å². The molecule has 0 aliphatic heterocycles. The van der Waals surface area contributed by atoms with Crippen molar-refractivity contribution in [3.05, 3.63) is 12.1 Å². The summed E-state index contributed by atoms with van der Waals surface area (Å²) in [5.41, 5.74) is 0. The van der Waals surface area contributed by atoms with Gasteiger partial charge in [0.05, 0.1) is 0 Å². The number of nitrogens with zero attached hydrogens (tertiary/aromatic N) is 2. The van der Waals surface area contributed by atoms with E-state index in [4.69, 9.17) is 9.11 Å². The molecule has 1 aromatic rings. The lowest BCUT2D eigenvalue weighted by Gasteiger charge is -1.96. The summed E-state index contributed by atoms with van der Waals surface area (Å²) in [7, 11) is -9.03. The lowest BCUT2D eigenvalue weighted by molar-refractivity contribution is 0.467. The molecule has 1 rings (SSSR count). The molecule has 0 aliphatic carbocycles. The summed E-state index contributed by atoms with van der Waals surface area (Å²) in [6, 6.07) is 1.40. The maximum Gasteiger partial charge on any atom is 0.314 e. The Kier molecular flexibility index (Phi) is 2.54. The van der Waals surface area contributed by atoms with E-state index in [1.54, 1.807) is 0 Å². The molecule has 0 atom stereocenters. The van der Waals surface area contributed by atoms with E-state index < -0.39 is 30.3 Å². The molecule has 78 valence electrons. The summed E-state index contributed by atoms with van der Waals surface area (Å²) in [5, 5.41) is 4.18. The summed E-state index contributed by atoms with van der Waals surface area (Å²) < 4.78 is 58.6. The predicted octanol–water partition coefficient (Wildman–Crippen LogP) is -1.03. The van der Waals surface area contributed by atoms with Gasteiger partial charge in [-0.15, -0.1) is 10.2 Å². The SMILES string of the molecule is O=S(=O)(O)c1ccc(S(=O)(=O)O)nn1. The van der Waals surface area contributed by atoms with E-state index in [2.05, 4.69) is 10.2 Å². The smallest absolute Gasteiger partial charge is 0.281 e. The van der Waals surface area contributed by atoms with Crippen LogP contribution < -0.4 is 0 Å². The number of hydrogen-bond donors (Lipinski definition) is 2. The second kappa shape index (κ2) is 3.24. The van der Waals surface area contributed by atoms with Crippen LogP contribution in [0.2, 0.25) is 0 Å². The van der Waals surface area contributed by atoms with Crippen LogP contribution in [0.15, 0.2) is 22.2 Å². The molecule has 0 saturated heterocycles. The van der Waals surface area contributed by atoms with Crippen molar-refractivity contribution in [3.8, 4) is 0 Å². The van der Waals surface area contributed by atoms with Crippen LogP contribution in [0.5, 0.6) is 0 Å². The van der Waals surface area contributed by atoms with Gasteiger partial charge in [-0.3, -0.25) is 9.11 Å². The van der Waals surface area contributed by atoms with E-state index in [0.29, 0.717) is 12.1 Å². The molecule has 1 aromatic heterocycles. The molecular formula is C4H4N2O6S2. The average molecular weight is 240 g/mol. The lowest BCUT2D eigenvalue weighted by atomic mass is 10.6. The maximum absolute atomic E-state index is 10.4.